The molecule has 1 aliphatic rings. The number of hydrogen-bond donors (Lipinski definition) is 1. The molecule has 36 heavy (non-hydrogen) atoms. The summed E-state index contributed by atoms with van der Waals surface area (Å²) in [5, 5.41) is 4.69. The largest absolute Gasteiger partial charge is 0.455 e. The summed E-state index contributed by atoms with van der Waals surface area (Å²) in [7, 11) is 3.79. The number of hydrogen-bond acceptors (Lipinski definition) is 4. The highest BCUT2D eigenvalue weighted by Crippen LogP contribution is 2.40. The quantitative estimate of drug-likeness (QED) is 0.395. The van der Waals surface area contributed by atoms with Crippen LogP contribution in [-0.4, -0.2) is 31.3 Å². The number of ether oxygens (including phenoxy) is 1. The van der Waals surface area contributed by atoms with Crippen molar-refractivity contribution >= 4 is 5.57 Å². The van der Waals surface area contributed by atoms with Crippen LogP contribution in [0.1, 0.15) is 53.5 Å². The van der Waals surface area contributed by atoms with Gasteiger partial charge in [-0.25, -0.2) is 0 Å². The lowest BCUT2D eigenvalue weighted by atomic mass is 9.95. The predicted molar refractivity (Wildman–Crippen MR) is 143 cm³/mol. The van der Waals surface area contributed by atoms with Crippen LogP contribution in [-0.2, 0) is 13.6 Å². The molecule has 7 heteroatoms. The van der Waals surface area contributed by atoms with Crippen molar-refractivity contribution in [3.05, 3.63) is 92.9 Å². The van der Waals surface area contributed by atoms with E-state index in [9.17, 15) is 4.79 Å². The third kappa shape index (κ3) is 4.15. The fraction of sp³-hybridized carbons (Fsp3) is 0.310. The van der Waals surface area contributed by atoms with Gasteiger partial charge in [-0.05, 0) is 51.8 Å². The number of pyridine rings is 1. The number of nitrogens with one attached hydrogen (secondary N) is 1. The van der Waals surface area contributed by atoms with Crippen LogP contribution in [0, 0.1) is 20.8 Å². The molecule has 0 bridgehead atoms. The van der Waals surface area contributed by atoms with Crippen molar-refractivity contribution in [3.8, 4) is 22.8 Å². The number of nitrogens with zero attached hydrogens (tertiary/aromatic N) is 4. The van der Waals surface area contributed by atoms with Crippen molar-refractivity contribution in [2.75, 3.05) is 7.05 Å². The topological polar surface area (TPSA) is 68.1 Å². The van der Waals surface area contributed by atoms with Crippen molar-refractivity contribution in [2.45, 2.75) is 47.2 Å². The van der Waals surface area contributed by atoms with E-state index in [-0.39, 0.29) is 11.6 Å². The van der Waals surface area contributed by atoms with E-state index in [4.69, 9.17) is 9.84 Å². The molecule has 1 aromatic carbocycles. The minimum absolute atomic E-state index is 0.0839. The van der Waals surface area contributed by atoms with Crippen LogP contribution in [0.5, 0.6) is 11.5 Å². The second kappa shape index (κ2) is 8.90. The molecule has 3 aromatic heterocycles. The molecule has 0 amide bonds. The highest BCUT2D eigenvalue weighted by atomic mass is 16.5. The number of aryl methyl sites for hydroxylation is 4. The van der Waals surface area contributed by atoms with E-state index in [1.807, 2.05) is 50.7 Å². The van der Waals surface area contributed by atoms with Crippen molar-refractivity contribution in [2.24, 2.45) is 7.05 Å². The number of aromatic nitrogens is 4. The number of aromatic amines is 1. The zero-order chi connectivity index (χ0) is 25.7. The third-order valence-corrected chi connectivity index (χ3v) is 6.79. The van der Waals surface area contributed by atoms with Crippen LogP contribution < -0.4 is 10.3 Å². The van der Waals surface area contributed by atoms with Crippen molar-refractivity contribution in [1.82, 2.24) is 24.2 Å². The second-order valence-corrected chi connectivity index (χ2v) is 10.1. The van der Waals surface area contributed by atoms with Crippen LogP contribution in [0.3, 0.4) is 0 Å². The van der Waals surface area contributed by atoms with Crippen molar-refractivity contribution in [3.63, 3.8) is 0 Å². The maximum Gasteiger partial charge on any atom is 0.251 e. The van der Waals surface area contributed by atoms with Crippen molar-refractivity contribution in [1.29, 1.82) is 0 Å². The van der Waals surface area contributed by atoms with Gasteiger partial charge in [-0.2, -0.15) is 5.10 Å². The fourth-order valence-corrected chi connectivity index (χ4v) is 4.79. The van der Waals surface area contributed by atoms with Crippen LogP contribution in [0.4, 0.5) is 0 Å². The Morgan fingerprint density at radius 3 is 2.39 bits per heavy atom. The van der Waals surface area contributed by atoms with Gasteiger partial charge in [0.15, 0.2) is 5.75 Å². The number of rotatable bonds is 5. The molecule has 0 fully saturated rings. The van der Waals surface area contributed by atoms with E-state index in [2.05, 4.69) is 42.2 Å². The Kier molecular flexibility index (Phi) is 5.86. The average molecular weight is 484 g/mol. The van der Waals surface area contributed by atoms with Gasteiger partial charge in [0.05, 0.1) is 18.4 Å². The second-order valence-electron chi connectivity index (χ2n) is 10.1. The molecule has 4 aromatic rings. The van der Waals surface area contributed by atoms with Gasteiger partial charge in [0, 0.05) is 72.3 Å². The summed E-state index contributed by atoms with van der Waals surface area (Å²) >= 11 is 0. The lowest BCUT2D eigenvalue weighted by Crippen LogP contribution is -2.20. The molecular formula is C29H33N5O2. The molecule has 0 atom stereocenters. The van der Waals surface area contributed by atoms with E-state index >= 15 is 0 Å². The Morgan fingerprint density at radius 1 is 1.00 bits per heavy atom. The van der Waals surface area contributed by atoms with E-state index in [0.29, 0.717) is 5.75 Å². The van der Waals surface area contributed by atoms with E-state index in [1.54, 1.807) is 23.9 Å². The van der Waals surface area contributed by atoms with Crippen molar-refractivity contribution < 1.29 is 4.74 Å². The smallest absolute Gasteiger partial charge is 0.251 e. The predicted octanol–water partition coefficient (Wildman–Crippen LogP) is 5.71. The molecule has 186 valence electrons. The van der Waals surface area contributed by atoms with E-state index in [0.717, 1.165) is 62.8 Å². The van der Waals surface area contributed by atoms with Gasteiger partial charge in [0.2, 0.25) is 0 Å². The first-order valence-corrected chi connectivity index (χ1v) is 12.3. The molecule has 5 rings (SSSR count). The Hall–Kier alpha value is -4.00. The van der Waals surface area contributed by atoms with Gasteiger partial charge in [-0.1, -0.05) is 18.2 Å². The summed E-state index contributed by atoms with van der Waals surface area (Å²) in [4.78, 5) is 18.6. The number of H-pyrrole nitrogens is 1. The normalized spacial score (nSPS) is 13.2. The van der Waals surface area contributed by atoms with Gasteiger partial charge >= 0.3 is 0 Å². The van der Waals surface area contributed by atoms with Gasteiger partial charge in [0.25, 0.3) is 5.56 Å². The first-order valence-electron chi connectivity index (χ1n) is 12.3. The molecule has 0 saturated heterocycles. The monoisotopic (exact) mass is 483 g/mol. The molecular weight excluding hydrogens is 450 g/mol. The maximum absolute atomic E-state index is 12.8. The molecule has 0 unspecified atom stereocenters. The van der Waals surface area contributed by atoms with Crippen LogP contribution in [0.2, 0.25) is 0 Å². The zero-order valence-corrected chi connectivity index (χ0v) is 22.0. The summed E-state index contributed by atoms with van der Waals surface area (Å²) in [5.41, 5.74) is 8.98. The summed E-state index contributed by atoms with van der Waals surface area (Å²) in [5.74, 6) is 1.46. The SMILES string of the molecule is Cc1cccc(C)c1Oc1cn(C)c(=O)cc1C1=CN(C)Cc2[nH]c(-c3cn(C(C)C)nc3C)cc21. The highest BCUT2D eigenvalue weighted by molar-refractivity contribution is 5.86. The Morgan fingerprint density at radius 2 is 1.72 bits per heavy atom. The Labute approximate surface area is 211 Å². The number of fused-ring (bicyclic) bond motifs is 1. The summed E-state index contributed by atoms with van der Waals surface area (Å²) in [6, 6.07) is 10.2. The molecule has 0 saturated carbocycles. The minimum atomic E-state index is -0.0839. The lowest BCUT2D eigenvalue weighted by Gasteiger charge is -2.25. The summed E-state index contributed by atoms with van der Waals surface area (Å²) < 4.78 is 10.1. The van der Waals surface area contributed by atoms with Crippen LogP contribution in [0.15, 0.2) is 53.7 Å². The molecule has 4 heterocycles. The van der Waals surface area contributed by atoms with Gasteiger partial charge in [-0.3, -0.25) is 9.48 Å². The van der Waals surface area contributed by atoms with Gasteiger partial charge in [-0.15, -0.1) is 0 Å². The lowest BCUT2D eigenvalue weighted by molar-refractivity contribution is 0.438. The van der Waals surface area contributed by atoms with Gasteiger partial charge < -0.3 is 19.2 Å². The molecule has 7 nitrogen and oxygen atoms in total. The first kappa shape index (κ1) is 23.7. The van der Waals surface area contributed by atoms with Gasteiger partial charge in [0.1, 0.15) is 5.75 Å². The molecule has 1 N–H and O–H groups in total. The number of para-hydroxylation sites is 1. The first-order chi connectivity index (χ1) is 17.1. The van der Waals surface area contributed by atoms with Crippen LogP contribution in [0.25, 0.3) is 16.8 Å². The summed E-state index contributed by atoms with van der Waals surface area (Å²) in [6.07, 6.45) is 5.97. The molecule has 1 aliphatic heterocycles. The maximum atomic E-state index is 12.8. The Balaban J connectivity index is 1.64. The zero-order valence-electron chi connectivity index (χ0n) is 22.0. The average Bonchev–Trinajstić information content (AvgIpc) is 3.41. The minimum Gasteiger partial charge on any atom is -0.455 e. The highest BCUT2D eigenvalue weighted by Gasteiger charge is 2.25. The molecule has 0 radical (unpaired) electrons. The van der Waals surface area contributed by atoms with Crippen LogP contribution >= 0.6 is 0 Å². The van der Waals surface area contributed by atoms with E-state index < -0.39 is 0 Å². The van der Waals surface area contributed by atoms with E-state index in [1.165, 1.54) is 0 Å². The third-order valence-electron chi connectivity index (χ3n) is 6.79. The number of benzene rings is 1. The fourth-order valence-electron chi connectivity index (χ4n) is 4.79. The summed E-state index contributed by atoms with van der Waals surface area (Å²) in [6.45, 7) is 11.1. The Bertz CT molecular complexity index is 1530. The molecule has 0 aliphatic carbocycles. The molecule has 0 spiro atoms. The standard InChI is InChI=1S/C29H33N5O2/c1-17(2)34-14-23(20(5)31-34)25-11-21-24(13-32(6)15-26(21)30-25)22-12-28(35)33(7)16-27(22)36-29-18(3)9-8-10-19(29)4/h8-14,16-17,30H,15H2,1-7H3.